The second-order valence-electron chi connectivity index (χ2n) is 7.84. The van der Waals surface area contributed by atoms with Gasteiger partial charge in [-0.2, -0.15) is 0 Å². The molecular weight excluding hydrogens is 456 g/mol. The molecule has 8 nitrogen and oxygen atoms in total. The molecule has 1 aliphatic heterocycles. The summed E-state index contributed by atoms with van der Waals surface area (Å²) in [6.45, 7) is 2.15. The molecule has 1 aliphatic rings. The molecule has 3 atom stereocenters. The average Bonchev–Trinajstić information content (AvgIpc) is 3.08. The number of nitrogens with one attached hydrogen (secondary N) is 1. The number of hydrogen-bond donors (Lipinski definition) is 2. The summed E-state index contributed by atoms with van der Waals surface area (Å²) < 4.78 is 12.3. The maximum absolute atomic E-state index is 12.0. The zero-order valence-corrected chi connectivity index (χ0v) is 19.2. The minimum Gasteiger partial charge on any atom is -0.463 e. The van der Waals surface area contributed by atoms with Crippen LogP contribution >= 0.6 is 15.9 Å². The van der Waals surface area contributed by atoms with E-state index in [2.05, 4.69) is 27.8 Å². The number of carbonyl (C=O) groups excluding carboxylic acids is 1. The molecule has 2 heterocycles. The fourth-order valence-corrected chi connectivity index (χ4v) is 3.86. The number of rotatable bonds is 13. The standard InChI is InChI=1S/C21H33BrN2O6/c1-2-3-4-5-6-7-8-9-10-11-19(26)29-14-17-16(25)12-18(30-17)24-13-15(22)20(27)23-21(24)28/h13,16-18,25H,2-12,14H2,1H3,(H,23,27,28)/t16-,17+,18+/m0/s1. The Morgan fingerprint density at radius 2 is 1.83 bits per heavy atom. The van der Waals surface area contributed by atoms with E-state index in [0.29, 0.717) is 6.42 Å². The van der Waals surface area contributed by atoms with E-state index >= 15 is 0 Å². The van der Waals surface area contributed by atoms with Crippen LogP contribution < -0.4 is 11.2 Å². The summed E-state index contributed by atoms with van der Waals surface area (Å²) in [6, 6.07) is 0. The van der Waals surface area contributed by atoms with Gasteiger partial charge < -0.3 is 14.6 Å². The van der Waals surface area contributed by atoms with Crippen LogP contribution in [0.3, 0.4) is 0 Å². The van der Waals surface area contributed by atoms with Crippen LogP contribution in [0.4, 0.5) is 0 Å². The van der Waals surface area contributed by atoms with Crippen LogP contribution in [-0.2, 0) is 14.3 Å². The first kappa shape index (κ1) is 24.8. The molecule has 0 aromatic carbocycles. The number of aromatic nitrogens is 2. The third-order valence-electron chi connectivity index (χ3n) is 5.33. The number of halogens is 1. The highest BCUT2D eigenvalue weighted by atomic mass is 79.9. The minimum absolute atomic E-state index is 0.0623. The number of carbonyl (C=O) groups is 1. The van der Waals surface area contributed by atoms with Crippen molar-refractivity contribution in [2.24, 2.45) is 0 Å². The number of nitrogens with zero attached hydrogens (tertiary/aromatic N) is 1. The van der Waals surface area contributed by atoms with Crippen LogP contribution in [0.25, 0.3) is 0 Å². The smallest absolute Gasteiger partial charge is 0.330 e. The van der Waals surface area contributed by atoms with Gasteiger partial charge in [0.2, 0.25) is 0 Å². The number of H-pyrrole nitrogens is 1. The highest BCUT2D eigenvalue weighted by Gasteiger charge is 2.36. The summed E-state index contributed by atoms with van der Waals surface area (Å²) in [5, 5.41) is 10.2. The van der Waals surface area contributed by atoms with E-state index in [1.807, 2.05) is 0 Å². The zero-order chi connectivity index (χ0) is 21.9. The molecule has 1 aromatic heterocycles. The number of aliphatic hydroxyl groups excluding tert-OH is 1. The van der Waals surface area contributed by atoms with Gasteiger partial charge in [-0.1, -0.05) is 58.3 Å². The summed E-state index contributed by atoms with van der Waals surface area (Å²) in [7, 11) is 0. The Balaban J connectivity index is 1.64. The Kier molecular flexibility index (Phi) is 10.8. The summed E-state index contributed by atoms with van der Waals surface area (Å²) in [5.74, 6) is -0.304. The highest BCUT2D eigenvalue weighted by molar-refractivity contribution is 9.10. The van der Waals surface area contributed by atoms with Gasteiger partial charge in [0.15, 0.2) is 0 Å². The molecule has 0 spiro atoms. The monoisotopic (exact) mass is 488 g/mol. The largest absolute Gasteiger partial charge is 0.463 e. The number of aliphatic hydroxyl groups is 1. The normalized spacial score (nSPS) is 21.1. The van der Waals surface area contributed by atoms with Crippen molar-refractivity contribution in [2.45, 2.75) is 96.0 Å². The number of aromatic amines is 1. The first-order chi connectivity index (χ1) is 14.4. The van der Waals surface area contributed by atoms with Crippen molar-refractivity contribution in [1.82, 2.24) is 9.55 Å². The van der Waals surface area contributed by atoms with Crippen LogP contribution in [0.2, 0.25) is 0 Å². The van der Waals surface area contributed by atoms with Gasteiger partial charge in [0.25, 0.3) is 5.56 Å². The van der Waals surface area contributed by atoms with Crippen molar-refractivity contribution in [1.29, 1.82) is 0 Å². The lowest BCUT2D eigenvalue weighted by atomic mass is 10.1. The number of esters is 1. The molecule has 0 unspecified atom stereocenters. The van der Waals surface area contributed by atoms with Crippen molar-refractivity contribution in [3.05, 3.63) is 31.5 Å². The third kappa shape index (κ3) is 8.00. The lowest BCUT2D eigenvalue weighted by molar-refractivity contribution is -0.150. The second-order valence-corrected chi connectivity index (χ2v) is 8.69. The number of hydrogen-bond acceptors (Lipinski definition) is 6. The van der Waals surface area contributed by atoms with Crippen LogP contribution in [-0.4, -0.2) is 39.4 Å². The predicted octanol–water partition coefficient (Wildman–Crippen LogP) is 3.41. The molecule has 1 fully saturated rings. The van der Waals surface area contributed by atoms with Gasteiger partial charge in [0, 0.05) is 19.0 Å². The second kappa shape index (κ2) is 13.1. The van der Waals surface area contributed by atoms with Crippen LogP contribution in [0.15, 0.2) is 20.3 Å². The molecular formula is C21H33BrN2O6. The van der Waals surface area contributed by atoms with Crippen LogP contribution in [0.5, 0.6) is 0 Å². The zero-order valence-electron chi connectivity index (χ0n) is 17.6. The van der Waals surface area contributed by atoms with E-state index in [1.54, 1.807) is 0 Å². The molecule has 0 aliphatic carbocycles. The summed E-state index contributed by atoms with van der Waals surface area (Å²) in [4.78, 5) is 37.5. The van der Waals surface area contributed by atoms with Gasteiger partial charge in [-0.25, -0.2) is 4.79 Å². The molecule has 0 amide bonds. The quantitative estimate of drug-likeness (QED) is 0.325. The Bertz CT molecular complexity index is 777. The molecule has 1 saturated heterocycles. The van der Waals surface area contributed by atoms with E-state index in [9.17, 15) is 19.5 Å². The number of ether oxygens (including phenoxy) is 2. The lowest BCUT2D eigenvalue weighted by Gasteiger charge is -2.16. The van der Waals surface area contributed by atoms with Crippen LogP contribution in [0, 0.1) is 0 Å². The first-order valence-electron chi connectivity index (χ1n) is 10.9. The molecule has 0 saturated carbocycles. The molecule has 9 heteroatoms. The average molecular weight is 489 g/mol. The first-order valence-corrected chi connectivity index (χ1v) is 11.7. The maximum Gasteiger partial charge on any atom is 0.330 e. The van der Waals surface area contributed by atoms with Gasteiger partial charge in [-0.05, 0) is 22.4 Å². The van der Waals surface area contributed by atoms with Crippen molar-refractivity contribution >= 4 is 21.9 Å². The predicted molar refractivity (Wildman–Crippen MR) is 116 cm³/mol. The van der Waals surface area contributed by atoms with E-state index in [-0.39, 0.29) is 23.5 Å². The highest BCUT2D eigenvalue weighted by Crippen LogP contribution is 2.28. The van der Waals surface area contributed by atoms with Gasteiger partial charge in [-0.3, -0.25) is 19.1 Å². The minimum atomic E-state index is -0.867. The van der Waals surface area contributed by atoms with Crippen molar-refractivity contribution < 1.29 is 19.4 Å². The van der Waals surface area contributed by atoms with Gasteiger partial charge in [-0.15, -0.1) is 0 Å². The van der Waals surface area contributed by atoms with Gasteiger partial charge in [0.1, 0.15) is 18.9 Å². The summed E-state index contributed by atoms with van der Waals surface area (Å²) >= 11 is 3.07. The SMILES string of the molecule is CCCCCCCCCCCC(=O)OC[C@H]1O[C@@H](n2cc(Br)c(=O)[nH]c2=O)C[C@@H]1O. The fraction of sp³-hybridized carbons (Fsp3) is 0.762. The molecule has 0 radical (unpaired) electrons. The van der Waals surface area contributed by atoms with Crippen LogP contribution in [0.1, 0.15) is 83.8 Å². The Morgan fingerprint density at radius 1 is 1.20 bits per heavy atom. The topological polar surface area (TPSA) is 111 Å². The molecule has 1 aromatic rings. The molecule has 0 bridgehead atoms. The van der Waals surface area contributed by atoms with E-state index < -0.39 is 29.7 Å². The third-order valence-corrected chi connectivity index (χ3v) is 5.90. The lowest BCUT2D eigenvalue weighted by Crippen LogP contribution is -2.33. The molecule has 2 rings (SSSR count). The van der Waals surface area contributed by atoms with Gasteiger partial charge in [0.05, 0.1) is 10.6 Å². The van der Waals surface area contributed by atoms with Gasteiger partial charge >= 0.3 is 11.7 Å². The molecule has 2 N–H and O–H groups in total. The summed E-state index contributed by atoms with van der Waals surface area (Å²) in [6.07, 6.45) is 10.1. The molecule has 30 heavy (non-hydrogen) atoms. The Morgan fingerprint density at radius 3 is 2.50 bits per heavy atom. The van der Waals surface area contributed by atoms with Crippen molar-refractivity contribution in [2.75, 3.05) is 6.61 Å². The van der Waals surface area contributed by atoms with E-state index in [4.69, 9.17) is 9.47 Å². The number of unbranched alkanes of at least 4 members (excludes halogenated alkanes) is 8. The Hall–Kier alpha value is -1.45. The fourth-order valence-electron chi connectivity index (χ4n) is 3.54. The van der Waals surface area contributed by atoms with E-state index in [1.165, 1.54) is 49.3 Å². The van der Waals surface area contributed by atoms with E-state index in [0.717, 1.165) is 19.3 Å². The Labute approximate surface area is 185 Å². The van der Waals surface area contributed by atoms with Crippen molar-refractivity contribution in [3.63, 3.8) is 0 Å². The molecule has 170 valence electrons. The maximum atomic E-state index is 12.0. The summed E-state index contributed by atoms with van der Waals surface area (Å²) in [5.41, 5.74) is -1.15. The van der Waals surface area contributed by atoms with Crippen molar-refractivity contribution in [3.8, 4) is 0 Å².